The van der Waals surface area contributed by atoms with E-state index in [1.54, 1.807) is 18.2 Å². The lowest BCUT2D eigenvalue weighted by atomic mass is 9.98. The van der Waals surface area contributed by atoms with E-state index in [1.807, 2.05) is 62.9 Å². The van der Waals surface area contributed by atoms with Gasteiger partial charge in [0.15, 0.2) is 0 Å². The Hall–Kier alpha value is -2.79. The van der Waals surface area contributed by atoms with Crippen LogP contribution in [0.1, 0.15) is 58.9 Å². The first-order valence-corrected chi connectivity index (χ1v) is 16.6. The van der Waals surface area contributed by atoms with Crippen LogP contribution < -0.4 is 5.43 Å². The monoisotopic (exact) mass is 600 g/mol. The number of hydrazine groups is 1. The molecule has 0 aliphatic carbocycles. The highest BCUT2D eigenvalue weighted by atomic mass is 32.2. The summed E-state index contributed by atoms with van der Waals surface area (Å²) < 4.78 is 28.7. The zero-order valence-electron chi connectivity index (χ0n) is 25.5. The van der Waals surface area contributed by atoms with Crippen LogP contribution in [0, 0.1) is 11.8 Å². The zero-order valence-corrected chi connectivity index (χ0v) is 26.3. The molecule has 0 bridgehead atoms. The molecule has 2 aromatic rings. The molecule has 3 atom stereocenters. The number of rotatable bonds is 15. The van der Waals surface area contributed by atoms with Gasteiger partial charge in [-0.15, -0.1) is 0 Å². The molecule has 0 saturated carbocycles. The average Bonchev–Trinajstić information content (AvgIpc) is 3.48. The number of hydrogen-bond donors (Lipinski definition) is 2. The van der Waals surface area contributed by atoms with Gasteiger partial charge in [0, 0.05) is 19.5 Å². The SMILES string of the molecule is CC[C@H](C)CC(=O)N(NC(=O)CN1CCCC1)C(Cc1ccccc1)[C@H](O)CN(CC(C)C)S(=O)(=O)c1ccccc1. The van der Waals surface area contributed by atoms with E-state index in [2.05, 4.69) is 5.43 Å². The largest absolute Gasteiger partial charge is 0.390 e. The van der Waals surface area contributed by atoms with Gasteiger partial charge in [0.05, 0.1) is 23.6 Å². The maximum absolute atomic E-state index is 13.8. The first-order valence-electron chi connectivity index (χ1n) is 15.1. The number of hydrogen-bond acceptors (Lipinski definition) is 6. The molecule has 0 spiro atoms. The van der Waals surface area contributed by atoms with Crippen LogP contribution in [0.5, 0.6) is 0 Å². The second-order valence-electron chi connectivity index (χ2n) is 11.9. The van der Waals surface area contributed by atoms with E-state index in [-0.39, 0.29) is 61.0 Å². The number of likely N-dealkylation sites (tertiary alicyclic amines) is 1. The van der Waals surface area contributed by atoms with Gasteiger partial charge >= 0.3 is 0 Å². The molecule has 1 heterocycles. The van der Waals surface area contributed by atoms with Crippen molar-refractivity contribution >= 4 is 21.8 Å². The number of sulfonamides is 1. The van der Waals surface area contributed by atoms with Crippen molar-refractivity contribution in [2.75, 3.05) is 32.7 Å². The minimum absolute atomic E-state index is 0.00781. The lowest BCUT2D eigenvalue weighted by Gasteiger charge is -2.37. The molecular weight excluding hydrogens is 552 g/mol. The van der Waals surface area contributed by atoms with Gasteiger partial charge in [-0.25, -0.2) is 13.4 Å². The third-order valence-electron chi connectivity index (χ3n) is 7.70. The number of amides is 2. The zero-order chi connectivity index (χ0) is 30.7. The van der Waals surface area contributed by atoms with Crippen molar-refractivity contribution in [3.8, 4) is 0 Å². The quantitative estimate of drug-likeness (QED) is 0.302. The van der Waals surface area contributed by atoms with Crippen LogP contribution in [0.15, 0.2) is 65.6 Å². The van der Waals surface area contributed by atoms with Gasteiger partial charge in [-0.1, -0.05) is 82.6 Å². The van der Waals surface area contributed by atoms with Crippen molar-refractivity contribution < 1.29 is 23.1 Å². The molecule has 3 rings (SSSR count). The van der Waals surface area contributed by atoms with Crippen molar-refractivity contribution in [2.24, 2.45) is 11.8 Å². The third-order valence-corrected chi connectivity index (χ3v) is 9.55. The van der Waals surface area contributed by atoms with Crippen LogP contribution >= 0.6 is 0 Å². The minimum atomic E-state index is -3.93. The Bertz CT molecular complexity index is 1220. The van der Waals surface area contributed by atoms with Gasteiger partial charge in [-0.2, -0.15) is 4.31 Å². The number of aliphatic hydroxyl groups excluding tert-OH is 1. The number of nitrogens with one attached hydrogen (secondary N) is 1. The lowest BCUT2D eigenvalue weighted by Crippen LogP contribution is -2.60. The van der Waals surface area contributed by atoms with E-state index in [0.29, 0.717) is 0 Å². The minimum Gasteiger partial charge on any atom is -0.390 e. The standard InChI is InChI=1S/C32H48N4O5S/c1-5-26(4)20-32(39)36(33-31(38)24-34-18-12-13-19-34)29(21-27-14-8-6-9-15-27)30(37)23-35(22-25(2)3)42(40,41)28-16-10-7-11-17-28/h6-11,14-17,25-26,29-30,37H,5,12-13,18-24H2,1-4H3,(H,33,38)/t26-,29?,30+/m0/s1. The highest BCUT2D eigenvalue weighted by Gasteiger charge is 2.36. The summed E-state index contributed by atoms with van der Waals surface area (Å²) in [7, 11) is -3.93. The predicted octanol–water partition coefficient (Wildman–Crippen LogP) is 3.70. The van der Waals surface area contributed by atoms with Gasteiger partial charge in [-0.05, 0) is 61.9 Å². The summed E-state index contributed by atoms with van der Waals surface area (Å²) in [6.07, 6.45) is 1.98. The molecular formula is C32H48N4O5S. The topological polar surface area (TPSA) is 110 Å². The van der Waals surface area contributed by atoms with Crippen LogP contribution in [-0.2, 0) is 26.0 Å². The average molecular weight is 601 g/mol. The van der Waals surface area contributed by atoms with Crippen molar-refractivity contribution in [1.82, 2.24) is 19.6 Å². The summed E-state index contributed by atoms with van der Waals surface area (Å²) in [5.41, 5.74) is 3.69. The van der Waals surface area contributed by atoms with Crippen LogP contribution in [0.4, 0.5) is 0 Å². The van der Waals surface area contributed by atoms with Crippen molar-refractivity contribution in [1.29, 1.82) is 0 Å². The second-order valence-corrected chi connectivity index (χ2v) is 13.8. The fourth-order valence-electron chi connectivity index (χ4n) is 5.19. The maximum Gasteiger partial charge on any atom is 0.252 e. The van der Waals surface area contributed by atoms with Gasteiger partial charge in [0.25, 0.3) is 5.91 Å². The smallest absolute Gasteiger partial charge is 0.252 e. The molecule has 42 heavy (non-hydrogen) atoms. The molecule has 9 nitrogen and oxygen atoms in total. The summed E-state index contributed by atoms with van der Waals surface area (Å²) >= 11 is 0. The summed E-state index contributed by atoms with van der Waals surface area (Å²) in [6, 6.07) is 16.7. The van der Waals surface area contributed by atoms with Gasteiger partial charge < -0.3 is 5.11 Å². The number of aliphatic hydroxyl groups is 1. The first-order chi connectivity index (χ1) is 20.0. The summed E-state index contributed by atoms with van der Waals surface area (Å²) in [6.45, 7) is 9.57. The molecule has 2 aromatic carbocycles. The van der Waals surface area contributed by atoms with Crippen molar-refractivity contribution in [3.05, 3.63) is 66.2 Å². The molecule has 1 aliphatic heterocycles. The molecule has 232 valence electrons. The van der Waals surface area contributed by atoms with Crippen molar-refractivity contribution in [3.63, 3.8) is 0 Å². The molecule has 2 N–H and O–H groups in total. The van der Waals surface area contributed by atoms with Gasteiger partial charge in [-0.3, -0.25) is 19.9 Å². The first kappa shape index (κ1) is 33.7. The fourth-order valence-corrected chi connectivity index (χ4v) is 6.83. The molecule has 1 aliphatic rings. The lowest BCUT2D eigenvalue weighted by molar-refractivity contribution is -0.149. The van der Waals surface area contributed by atoms with Crippen LogP contribution in [0.2, 0.25) is 0 Å². The molecule has 1 unspecified atom stereocenters. The summed E-state index contributed by atoms with van der Waals surface area (Å²) in [5, 5.41) is 13.1. The van der Waals surface area contributed by atoms with Crippen molar-refractivity contribution in [2.45, 2.75) is 76.8 Å². The number of nitrogens with zero attached hydrogens (tertiary/aromatic N) is 3. The second kappa shape index (κ2) is 16.2. The molecule has 1 fully saturated rings. The Morgan fingerprint density at radius 1 is 0.952 bits per heavy atom. The molecule has 10 heteroatoms. The number of carbonyl (C=O) groups excluding carboxylic acids is 2. The Morgan fingerprint density at radius 2 is 1.55 bits per heavy atom. The highest BCUT2D eigenvalue weighted by molar-refractivity contribution is 7.89. The van der Waals surface area contributed by atoms with E-state index in [9.17, 15) is 23.1 Å². The van der Waals surface area contributed by atoms with E-state index >= 15 is 0 Å². The van der Waals surface area contributed by atoms with E-state index in [0.717, 1.165) is 37.9 Å². The Balaban J connectivity index is 1.97. The Labute approximate surface area is 251 Å². The molecule has 0 aromatic heterocycles. The number of benzene rings is 2. The van der Waals surface area contributed by atoms with Crippen LogP contribution in [-0.4, -0.2) is 84.4 Å². The Kier molecular flexibility index (Phi) is 13.0. The highest BCUT2D eigenvalue weighted by Crippen LogP contribution is 2.21. The Morgan fingerprint density at radius 3 is 2.12 bits per heavy atom. The third kappa shape index (κ3) is 9.90. The molecule has 1 saturated heterocycles. The van der Waals surface area contributed by atoms with E-state index < -0.39 is 22.2 Å². The fraction of sp³-hybridized carbons (Fsp3) is 0.562. The normalized spacial score (nSPS) is 16.4. The van der Waals surface area contributed by atoms with E-state index in [1.165, 1.54) is 21.4 Å². The maximum atomic E-state index is 13.8. The predicted molar refractivity (Wildman–Crippen MR) is 165 cm³/mol. The number of carbonyl (C=O) groups is 2. The van der Waals surface area contributed by atoms with E-state index in [4.69, 9.17) is 0 Å². The summed E-state index contributed by atoms with van der Waals surface area (Å²) in [4.78, 5) is 29.2. The molecule has 2 amide bonds. The molecule has 0 radical (unpaired) electrons. The van der Waals surface area contributed by atoms with Crippen LogP contribution in [0.3, 0.4) is 0 Å². The summed E-state index contributed by atoms with van der Waals surface area (Å²) in [5.74, 6) is -0.566. The van der Waals surface area contributed by atoms with Gasteiger partial charge in [0.1, 0.15) is 0 Å². The van der Waals surface area contributed by atoms with Crippen LogP contribution in [0.25, 0.3) is 0 Å². The van der Waals surface area contributed by atoms with Gasteiger partial charge in [0.2, 0.25) is 15.9 Å².